The summed E-state index contributed by atoms with van der Waals surface area (Å²) in [5, 5.41) is 23.1. The first kappa shape index (κ1) is 25.7. The van der Waals surface area contributed by atoms with Crippen molar-refractivity contribution in [1.82, 2.24) is 25.6 Å². The molecular weight excluding hydrogens is 489 g/mol. The lowest BCUT2D eigenvalue weighted by molar-refractivity contribution is -0.143. The monoisotopic (exact) mass is 515 g/mol. The lowest BCUT2D eigenvalue weighted by Gasteiger charge is -2.30. The third-order valence-corrected chi connectivity index (χ3v) is 6.39. The van der Waals surface area contributed by atoms with Crippen LogP contribution in [-0.2, 0) is 16.0 Å². The number of aromatic nitrogens is 3. The van der Waals surface area contributed by atoms with Crippen LogP contribution in [0.4, 0.5) is 4.39 Å². The number of nitrogens with one attached hydrogen (secondary N) is 2. The normalized spacial score (nSPS) is 15.8. The molecule has 3 N–H and O–H groups in total. The van der Waals surface area contributed by atoms with Crippen LogP contribution >= 0.6 is 11.6 Å². The van der Waals surface area contributed by atoms with Crippen LogP contribution < -0.4 is 5.32 Å². The van der Waals surface area contributed by atoms with Crippen molar-refractivity contribution in [3.63, 3.8) is 0 Å². The Morgan fingerprint density at radius 3 is 2.61 bits per heavy atom. The Hall–Kier alpha value is -3.34. The zero-order valence-electron chi connectivity index (χ0n) is 19.5. The Balaban J connectivity index is 1.51. The summed E-state index contributed by atoms with van der Waals surface area (Å²) in [6.07, 6.45) is 1.92. The van der Waals surface area contributed by atoms with Crippen LogP contribution in [0.2, 0.25) is 5.02 Å². The molecule has 1 aliphatic rings. The van der Waals surface area contributed by atoms with E-state index in [1.165, 1.54) is 18.3 Å². The first-order valence-corrected chi connectivity index (χ1v) is 12.0. The first-order chi connectivity index (χ1) is 17.4. The average molecular weight is 516 g/mol. The number of nitrogens with zero attached hydrogens (tertiary/aromatic N) is 3. The quantitative estimate of drug-likeness (QED) is 0.379. The molecule has 1 saturated heterocycles. The van der Waals surface area contributed by atoms with E-state index in [0.29, 0.717) is 55.4 Å². The standard InChI is InChI=1S/C25H27ClFN5O4/c26-19-5-6-22(27)21(13-19)17-3-1-16(2-4-17)11-20(29-24(33)23-14-28-31-30-23)12-18(25(34)35)15-32-7-9-36-10-8-32/h1-6,13-14,18,20H,7-12,15H2,(H,29,33)(H,34,35)(H,28,30,31)/t18-,20+/m0/s1. The Labute approximate surface area is 212 Å². The highest BCUT2D eigenvalue weighted by atomic mass is 35.5. The molecule has 0 spiro atoms. The molecular formula is C25H27ClFN5O4. The molecule has 0 aliphatic carbocycles. The maximum absolute atomic E-state index is 14.3. The van der Waals surface area contributed by atoms with Crippen molar-refractivity contribution in [3.8, 4) is 11.1 Å². The SMILES string of the molecule is O=C(N[C@H](Cc1ccc(-c2cc(Cl)ccc2F)cc1)C[C@@H](CN1CCOCC1)C(=O)O)c1cn[nH]n1. The molecule has 0 bridgehead atoms. The van der Waals surface area contributed by atoms with Crippen molar-refractivity contribution in [2.75, 3.05) is 32.8 Å². The molecule has 190 valence electrons. The van der Waals surface area contributed by atoms with Gasteiger partial charge in [-0.15, -0.1) is 0 Å². The molecule has 0 radical (unpaired) electrons. The lowest BCUT2D eigenvalue weighted by atomic mass is 9.93. The van der Waals surface area contributed by atoms with E-state index < -0.39 is 23.8 Å². The second kappa shape index (κ2) is 12.1. The second-order valence-electron chi connectivity index (χ2n) is 8.73. The van der Waals surface area contributed by atoms with Crippen LogP contribution in [0.3, 0.4) is 0 Å². The largest absolute Gasteiger partial charge is 0.481 e. The number of carbonyl (C=O) groups excluding carboxylic acids is 1. The van der Waals surface area contributed by atoms with E-state index in [1.54, 1.807) is 18.2 Å². The number of aromatic amines is 1. The number of H-pyrrole nitrogens is 1. The fraction of sp³-hybridized carbons (Fsp3) is 0.360. The number of rotatable bonds is 10. The van der Waals surface area contributed by atoms with Crippen LogP contribution in [-0.4, -0.2) is 76.2 Å². The number of benzene rings is 2. The number of morpholine rings is 1. The minimum absolute atomic E-state index is 0.117. The maximum Gasteiger partial charge on any atom is 0.307 e. The molecule has 36 heavy (non-hydrogen) atoms. The van der Waals surface area contributed by atoms with Gasteiger partial charge in [-0.05, 0) is 42.2 Å². The highest BCUT2D eigenvalue weighted by molar-refractivity contribution is 6.30. The molecule has 2 atom stereocenters. The molecule has 0 saturated carbocycles. The summed E-state index contributed by atoms with van der Waals surface area (Å²) in [6.45, 7) is 2.83. The minimum atomic E-state index is -0.922. The Bertz CT molecular complexity index is 1170. The van der Waals surface area contributed by atoms with E-state index in [0.717, 1.165) is 5.56 Å². The Kier molecular flexibility index (Phi) is 8.63. The summed E-state index contributed by atoms with van der Waals surface area (Å²) < 4.78 is 19.6. The number of ether oxygens (including phenoxy) is 1. The summed E-state index contributed by atoms with van der Waals surface area (Å²) in [6, 6.07) is 11.1. The third kappa shape index (κ3) is 6.87. The number of hydrogen-bond donors (Lipinski definition) is 3. The number of halogens is 2. The number of carbonyl (C=O) groups is 2. The Morgan fingerprint density at radius 1 is 1.19 bits per heavy atom. The minimum Gasteiger partial charge on any atom is -0.481 e. The fourth-order valence-corrected chi connectivity index (χ4v) is 4.45. The van der Waals surface area contributed by atoms with Crippen molar-refractivity contribution in [3.05, 3.63) is 70.8 Å². The summed E-state index contributed by atoms with van der Waals surface area (Å²) >= 11 is 6.02. The zero-order valence-corrected chi connectivity index (χ0v) is 20.2. The van der Waals surface area contributed by atoms with E-state index in [4.69, 9.17) is 16.3 Å². The van der Waals surface area contributed by atoms with Gasteiger partial charge in [-0.25, -0.2) is 4.39 Å². The van der Waals surface area contributed by atoms with Gasteiger partial charge >= 0.3 is 5.97 Å². The van der Waals surface area contributed by atoms with Gasteiger partial charge in [0, 0.05) is 36.3 Å². The second-order valence-corrected chi connectivity index (χ2v) is 9.17. The third-order valence-electron chi connectivity index (χ3n) is 6.16. The smallest absolute Gasteiger partial charge is 0.307 e. The molecule has 1 aliphatic heterocycles. The summed E-state index contributed by atoms with van der Waals surface area (Å²) in [5.41, 5.74) is 2.04. The van der Waals surface area contributed by atoms with Gasteiger partial charge in [-0.2, -0.15) is 15.4 Å². The highest BCUT2D eigenvalue weighted by Crippen LogP contribution is 2.27. The number of carboxylic acid groups (broad SMARTS) is 1. The molecule has 2 heterocycles. The van der Waals surface area contributed by atoms with Gasteiger partial charge in [0.15, 0.2) is 5.69 Å². The predicted octanol–water partition coefficient (Wildman–Crippen LogP) is 3.03. The Morgan fingerprint density at radius 2 is 1.94 bits per heavy atom. The molecule has 0 unspecified atom stereocenters. The molecule has 2 aromatic carbocycles. The number of hydrogen-bond acceptors (Lipinski definition) is 6. The summed E-state index contributed by atoms with van der Waals surface area (Å²) in [5.74, 6) is -2.43. The van der Waals surface area contributed by atoms with Crippen molar-refractivity contribution in [2.45, 2.75) is 18.9 Å². The van der Waals surface area contributed by atoms with Gasteiger partial charge in [0.25, 0.3) is 5.91 Å². The van der Waals surface area contributed by atoms with Crippen molar-refractivity contribution >= 4 is 23.5 Å². The number of amides is 1. The van der Waals surface area contributed by atoms with E-state index in [9.17, 15) is 19.1 Å². The van der Waals surface area contributed by atoms with Crippen LogP contribution in [0.1, 0.15) is 22.5 Å². The molecule has 3 aromatic rings. The van der Waals surface area contributed by atoms with Gasteiger partial charge in [0.05, 0.1) is 25.3 Å². The fourth-order valence-electron chi connectivity index (χ4n) is 4.28. The van der Waals surface area contributed by atoms with Gasteiger partial charge in [-0.1, -0.05) is 35.9 Å². The van der Waals surface area contributed by atoms with Crippen LogP contribution in [0, 0.1) is 11.7 Å². The van der Waals surface area contributed by atoms with Crippen LogP contribution in [0.15, 0.2) is 48.7 Å². The van der Waals surface area contributed by atoms with Crippen LogP contribution in [0.25, 0.3) is 11.1 Å². The van der Waals surface area contributed by atoms with Gasteiger partial charge < -0.3 is 15.2 Å². The van der Waals surface area contributed by atoms with E-state index in [1.807, 2.05) is 12.1 Å². The maximum atomic E-state index is 14.3. The average Bonchev–Trinajstić information content (AvgIpc) is 3.41. The summed E-state index contributed by atoms with van der Waals surface area (Å²) in [4.78, 5) is 26.8. The highest BCUT2D eigenvalue weighted by Gasteiger charge is 2.27. The molecule has 1 aromatic heterocycles. The lowest BCUT2D eigenvalue weighted by Crippen LogP contribution is -2.44. The number of aliphatic carboxylic acids is 1. The van der Waals surface area contributed by atoms with Crippen molar-refractivity contribution < 1.29 is 23.8 Å². The molecule has 11 heteroatoms. The van der Waals surface area contributed by atoms with E-state index in [-0.39, 0.29) is 17.9 Å². The first-order valence-electron chi connectivity index (χ1n) is 11.6. The molecule has 9 nitrogen and oxygen atoms in total. The molecule has 1 fully saturated rings. The number of carboxylic acids is 1. The molecule has 4 rings (SSSR count). The van der Waals surface area contributed by atoms with Crippen LogP contribution in [0.5, 0.6) is 0 Å². The topological polar surface area (TPSA) is 120 Å². The van der Waals surface area contributed by atoms with Crippen molar-refractivity contribution in [1.29, 1.82) is 0 Å². The van der Waals surface area contributed by atoms with Gasteiger partial charge in [0.2, 0.25) is 0 Å². The zero-order chi connectivity index (χ0) is 25.5. The van der Waals surface area contributed by atoms with Crippen molar-refractivity contribution in [2.24, 2.45) is 5.92 Å². The van der Waals surface area contributed by atoms with E-state index in [2.05, 4.69) is 25.6 Å². The molecule has 1 amide bonds. The summed E-state index contributed by atoms with van der Waals surface area (Å²) in [7, 11) is 0. The van der Waals surface area contributed by atoms with Gasteiger partial charge in [0.1, 0.15) is 5.82 Å². The predicted molar refractivity (Wildman–Crippen MR) is 131 cm³/mol. The van der Waals surface area contributed by atoms with E-state index >= 15 is 0 Å². The van der Waals surface area contributed by atoms with Gasteiger partial charge in [-0.3, -0.25) is 14.5 Å².